The van der Waals surface area contributed by atoms with E-state index in [2.05, 4.69) is 20.9 Å². The highest BCUT2D eigenvalue weighted by atomic mass is 19.4. The van der Waals surface area contributed by atoms with Crippen molar-refractivity contribution in [1.29, 1.82) is 0 Å². The molecule has 1 aliphatic heterocycles. The predicted octanol–water partition coefficient (Wildman–Crippen LogP) is 4.65. The van der Waals surface area contributed by atoms with E-state index in [4.69, 9.17) is 11.2 Å². The van der Waals surface area contributed by atoms with Crippen LogP contribution >= 0.6 is 0 Å². The highest BCUT2D eigenvalue weighted by Gasteiger charge is 2.40. The second-order valence-electron chi connectivity index (χ2n) is 9.84. The van der Waals surface area contributed by atoms with Gasteiger partial charge in [-0.25, -0.2) is 19.7 Å². The van der Waals surface area contributed by atoms with Crippen molar-refractivity contribution in [1.82, 2.24) is 24.4 Å². The molecule has 1 saturated heterocycles. The summed E-state index contributed by atoms with van der Waals surface area (Å²) >= 11 is 0. The van der Waals surface area contributed by atoms with Gasteiger partial charge in [0.25, 0.3) is 0 Å². The lowest BCUT2D eigenvalue weighted by Gasteiger charge is -2.44. The van der Waals surface area contributed by atoms with E-state index in [1.165, 1.54) is 23.2 Å². The van der Waals surface area contributed by atoms with Crippen molar-refractivity contribution >= 4 is 22.9 Å². The summed E-state index contributed by atoms with van der Waals surface area (Å²) in [6.45, 7) is 9.53. The third-order valence-corrected chi connectivity index (χ3v) is 5.91. The fourth-order valence-corrected chi connectivity index (χ4v) is 4.29. The minimum absolute atomic E-state index is 0.0587. The summed E-state index contributed by atoms with van der Waals surface area (Å²) in [5, 5.41) is -0.136. The van der Waals surface area contributed by atoms with Gasteiger partial charge in [-0.3, -0.25) is 4.57 Å². The number of terminal acetylenes is 1. The molecule has 0 aromatic carbocycles. The molecule has 1 amide bonds. The Bertz CT molecular complexity index is 1340. The van der Waals surface area contributed by atoms with Gasteiger partial charge in [0, 0.05) is 43.1 Å². The van der Waals surface area contributed by atoms with E-state index in [0.717, 1.165) is 6.20 Å². The molecule has 0 N–H and O–H groups in total. The molecule has 3 aromatic heterocycles. The quantitative estimate of drug-likeness (QED) is 0.477. The lowest BCUT2D eigenvalue weighted by atomic mass is 10.1. The van der Waals surface area contributed by atoms with Crippen molar-refractivity contribution in [3.8, 4) is 18.2 Å². The molecular weight excluding hydrogens is 473 g/mol. The highest BCUT2D eigenvalue weighted by Crippen LogP contribution is 2.41. The average Bonchev–Trinajstić information content (AvgIpc) is 3.20. The number of amides is 1. The zero-order valence-corrected chi connectivity index (χ0v) is 20.7. The van der Waals surface area contributed by atoms with E-state index in [0.29, 0.717) is 5.56 Å². The van der Waals surface area contributed by atoms with Crippen molar-refractivity contribution in [2.75, 3.05) is 18.0 Å². The minimum atomic E-state index is -4.67. The lowest BCUT2D eigenvalue weighted by Crippen LogP contribution is -2.59. The van der Waals surface area contributed by atoms with Gasteiger partial charge in [0.1, 0.15) is 23.6 Å². The fourth-order valence-electron chi connectivity index (χ4n) is 4.29. The van der Waals surface area contributed by atoms with Gasteiger partial charge in [0.15, 0.2) is 5.65 Å². The largest absolute Gasteiger partial charge is 0.444 e. The Morgan fingerprint density at radius 2 is 1.86 bits per heavy atom. The van der Waals surface area contributed by atoms with E-state index >= 15 is 0 Å². The van der Waals surface area contributed by atoms with Crippen LogP contribution in [0.1, 0.15) is 45.7 Å². The SMILES string of the molecule is C#Cc1ccnc(-n2cc(C(F)(F)F)c3c(N4C[C@@H](C)N(C(=O)OC(C)(C)C)C[C@@H]4C)ncnc32)c1. The smallest absolute Gasteiger partial charge is 0.418 e. The van der Waals surface area contributed by atoms with Gasteiger partial charge in [0.2, 0.25) is 0 Å². The maximum Gasteiger partial charge on any atom is 0.418 e. The number of alkyl halides is 3. The summed E-state index contributed by atoms with van der Waals surface area (Å²) in [6, 6.07) is 2.45. The molecule has 4 rings (SSSR count). The van der Waals surface area contributed by atoms with Gasteiger partial charge in [-0.05, 0) is 46.8 Å². The molecule has 0 unspecified atom stereocenters. The summed E-state index contributed by atoms with van der Waals surface area (Å²) in [4.78, 5) is 28.7. The number of hydrogen-bond donors (Lipinski definition) is 0. The Labute approximate surface area is 207 Å². The zero-order valence-electron chi connectivity index (χ0n) is 20.7. The van der Waals surface area contributed by atoms with Crippen LogP contribution in [0, 0.1) is 12.3 Å². The Morgan fingerprint density at radius 3 is 2.50 bits per heavy atom. The van der Waals surface area contributed by atoms with Crippen LogP contribution in [0.25, 0.3) is 16.9 Å². The van der Waals surface area contributed by atoms with Gasteiger partial charge in [-0.15, -0.1) is 6.42 Å². The van der Waals surface area contributed by atoms with E-state index in [-0.39, 0.29) is 47.8 Å². The number of carbonyl (C=O) groups excluding carboxylic acids is 1. The van der Waals surface area contributed by atoms with Crippen LogP contribution in [0.5, 0.6) is 0 Å². The lowest BCUT2D eigenvalue weighted by molar-refractivity contribution is -0.136. The molecule has 0 radical (unpaired) electrons. The maximum atomic E-state index is 14.2. The summed E-state index contributed by atoms with van der Waals surface area (Å²) in [7, 11) is 0. The Morgan fingerprint density at radius 1 is 1.14 bits per heavy atom. The topological polar surface area (TPSA) is 76.4 Å². The maximum absolute atomic E-state index is 14.2. The number of halogens is 3. The van der Waals surface area contributed by atoms with E-state index < -0.39 is 23.4 Å². The molecule has 0 aliphatic carbocycles. The van der Waals surface area contributed by atoms with E-state index in [1.807, 2.05) is 13.8 Å². The zero-order chi connectivity index (χ0) is 26.4. The highest BCUT2D eigenvalue weighted by molar-refractivity contribution is 5.93. The van der Waals surface area contributed by atoms with Gasteiger partial charge < -0.3 is 14.5 Å². The van der Waals surface area contributed by atoms with Gasteiger partial charge in [-0.1, -0.05) is 5.92 Å². The number of hydrogen-bond acceptors (Lipinski definition) is 6. The fraction of sp³-hybridized carbons (Fsp3) is 0.440. The van der Waals surface area contributed by atoms with E-state index in [1.54, 1.807) is 36.6 Å². The van der Waals surface area contributed by atoms with Crippen molar-refractivity contribution in [3.05, 3.63) is 42.0 Å². The van der Waals surface area contributed by atoms with Crippen molar-refractivity contribution in [2.24, 2.45) is 0 Å². The molecule has 1 fully saturated rings. The first kappa shape index (κ1) is 25.3. The van der Waals surface area contributed by atoms with Gasteiger partial charge in [-0.2, -0.15) is 13.2 Å². The van der Waals surface area contributed by atoms with Crippen LogP contribution in [0.4, 0.5) is 23.8 Å². The Balaban J connectivity index is 1.79. The second-order valence-corrected chi connectivity index (χ2v) is 9.84. The van der Waals surface area contributed by atoms with Crippen molar-refractivity contribution in [2.45, 2.75) is 58.5 Å². The van der Waals surface area contributed by atoms with Crippen LogP contribution in [0.15, 0.2) is 30.9 Å². The first-order chi connectivity index (χ1) is 16.8. The molecule has 1 aliphatic rings. The molecule has 11 heteroatoms. The second kappa shape index (κ2) is 9.00. The third kappa shape index (κ3) is 4.80. The summed E-state index contributed by atoms with van der Waals surface area (Å²) in [5.74, 6) is 2.82. The summed E-state index contributed by atoms with van der Waals surface area (Å²) in [6.07, 6.45) is 3.97. The van der Waals surface area contributed by atoms with Gasteiger partial charge >= 0.3 is 12.3 Å². The number of pyridine rings is 1. The molecule has 0 bridgehead atoms. The van der Waals surface area contributed by atoms with Crippen LogP contribution in [0.3, 0.4) is 0 Å². The molecular formula is C25H27F3N6O2. The first-order valence-electron chi connectivity index (χ1n) is 11.4. The first-order valence-corrected chi connectivity index (χ1v) is 11.4. The molecule has 8 nitrogen and oxygen atoms in total. The van der Waals surface area contributed by atoms with Crippen molar-refractivity contribution < 1.29 is 22.7 Å². The monoisotopic (exact) mass is 500 g/mol. The van der Waals surface area contributed by atoms with Crippen molar-refractivity contribution in [3.63, 3.8) is 0 Å². The number of nitrogens with zero attached hydrogens (tertiary/aromatic N) is 6. The third-order valence-electron chi connectivity index (χ3n) is 5.91. The number of ether oxygens (including phenoxy) is 1. The molecule has 0 saturated carbocycles. The molecule has 4 heterocycles. The minimum Gasteiger partial charge on any atom is -0.444 e. The Hall–Kier alpha value is -3.81. The van der Waals surface area contributed by atoms with E-state index in [9.17, 15) is 18.0 Å². The molecule has 190 valence electrons. The number of piperazine rings is 1. The molecule has 0 spiro atoms. The molecule has 36 heavy (non-hydrogen) atoms. The van der Waals surface area contributed by atoms with Crippen LogP contribution in [-0.2, 0) is 10.9 Å². The Kier molecular flexibility index (Phi) is 6.32. The number of carbonyl (C=O) groups is 1. The number of anilines is 1. The van der Waals surface area contributed by atoms with Crippen LogP contribution in [-0.4, -0.2) is 61.3 Å². The normalized spacial score (nSPS) is 18.9. The predicted molar refractivity (Wildman–Crippen MR) is 129 cm³/mol. The molecule has 2 atom stereocenters. The average molecular weight is 501 g/mol. The van der Waals surface area contributed by atoms with Crippen LogP contribution in [0.2, 0.25) is 0 Å². The number of aromatic nitrogens is 4. The summed E-state index contributed by atoms with van der Waals surface area (Å²) < 4.78 is 49.5. The van der Waals surface area contributed by atoms with Crippen LogP contribution < -0.4 is 4.90 Å². The standard InChI is InChI=1S/C25H27F3N6O2/c1-7-17-8-9-29-19(10-17)34-13-18(25(26,27)28)20-21(30-14-31-22(20)34)32-11-16(3)33(12-15(32)2)23(35)36-24(4,5)6/h1,8-10,13-16H,11-12H2,2-6H3/t15-,16+/m0/s1. The number of fused-ring (bicyclic) bond motifs is 1. The molecule has 3 aromatic rings. The van der Waals surface area contributed by atoms with Gasteiger partial charge in [0.05, 0.1) is 10.9 Å². The summed E-state index contributed by atoms with van der Waals surface area (Å²) in [5.41, 5.74) is -1.00. The number of rotatable bonds is 2.